The summed E-state index contributed by atoms with van der Waals surface area (Å²) in [6, 6.07) is 14.4. The summed E-state index contributed by atoms with van der Waals surface area (Å²) in [5.41, 5.74) is 1.57. The predicted octanol–water partition coefficient (Wildman–Crippen LogP) is 3.48. The second-order valence-corrected chi connectivity index (χ2v) is 7.50. The Morgan fingerprint density at radius 3 is 2.44 bits per heavy atom. The number of ether oxygens (including phenoxy) is 1. The normalized spacial score (nSPS) is 16.8. The van der Waals surface area contributed by atoms with Crippen molar-refractivity contribution in [1.29, 1.82) is 0 Å². The Kier molecular flexibility index (Phi) is 7.41. The van der Waals surface area contributed by atoms with E-state index in [1.54, 1.807) is 24.3 Å². The number of nitrogens with zero attached hydrogens (tertiary/aromatic N) is 1. The highest BCUT2D eigenvalue weighted by molar-refractivity contribution is 5.90. The van der Waals surface area contributed by atoms with E-state index >= 15 is 0 Å². The van der Waals surface area contributed by atoms with Crippen LogP contribution < -0.4 is 10.1 Å². The van der Waals surface area contributed by atoms with Crippen molar-refractivity contribution in [1.82, 2.24) is 10.2 Å². The average Bonchev–Trinajstić information content (AvgIpc) is 3.26. The van der Waals surface area contributed by atoms with Gasteiger partial charge < -0.3 is 15.0 Å². The molecule has 5 nitrogen and oxygen atoms in total. The Balaban J connectivity index is 1.70. The Bertz CT molecular complexity index is 969. The molecule has 2 aromatic carbocycles. The monoisotopic (exact) mass is 444 g/mol. The summed E-state index contributed by atoms with van der Waals surface area (Å²) in [4.78, 5) is 25.8. The van der Waals surface area contributed by atoms with E-state index in [9.17, 15) is 22.8 Å². The third-order valence-electron chi connectivity index (χ3n) is 5.20. The molecule has 0 bridgehead atoms. The number of amides is 2. The van der Waals surface area contributed by atoms with Crippen molar-refractivity contribution in [2.45, 2.75) is 44.1 Å². The van der Waals surface area contributed by atoms with Crippen molar-refractivity contribution in [2.75, 3.05) is 6.54 Å². The molecule has 2 amide bonds. The molecule has 1 fully saturated rings. The van der Waals surface area contributed by atoms with Crippen LogP contribution in [0.1, 0.15) is 24.0 Å². The predicted molar refractivity (Wildman–Crippen MR) is 112 cm³/mol. The van der Waals surface area contributed by atoms with Gasteiger partial charge in [-0.05, 0) is 36.1 Å². The summed E-state index contributed by atoms with van der Waals surface area (Å²) < 4.78 is 44.2. The van der Waals surface area contributed by atoms with Crippen molar-refractivity contribution in [3.05, 3.63) is 65.7 Å². The van der Waals surface area contributed by atoms with E-state index in [2.05, 4.69) is 5.92 Å². The van der Waals surface area contributed by atoms with Crippen LogP contribution in [0.2, 0.25) is 0 Å². The van der Waals surface area contributed by atoms with Crippen LogP contribution in [0.3, 0.4) is 0 Å². The lowest BCUT2D eigenvalue weighted by Gasteiger charge is -2.27. The van der Waals surface area contributed by atoms with E-state index in [4.69, 9.17) is 11.2 Å². The fourth-order valence-corrected chi connectivity index (χ4v) is 3.54. The van der Waals surface area contributed by atoms with Crippen molar-refractivity contribution in [2.24, 2.45) is 0 Å². The topological polar surface area (TPSA) is 58.6 Å². The number of alkyl halides is 3. The van der Waals surface area contributed by atoms with E-state index in [1.807, 2.05) is 35.6 Å². The molecule has 1 heterocycles. The molecule has 32 heavy (non-hydrogen) atoms. The number of rotatable bonds is 7. The average molecular weight is 444 g/mol. The van der Waals surface area contributed by atoms with Gasteiger partial charge in [0.05, 0.1) is 6.04 Å². The Labute approximate surface area is 184 Å². The molecule has 0 aliphatic carbocycles. The standard InChI is InChI=1S/C24H23F3N2O3/c1-2-19-9-6-14-29(19)22(30)21(28-23(31)24(25,26)27)15-17-10-12-20(13-11-17)32-16-18-7-4-3-5-8-18/h1,3-5,7-8,10-13,19,21H,6,9,14-16H2,(H,28,31)/t19-,21+/m1/s1. The van der Waals surface area contributed by atoms with E-state index in [1.165, 1.54) is 4.90 Å². The lowest BCUT2D eigenvalue weighted by atomic mass is 10.0. The maximum atomic E-state index is 12.9. The van der Waals surface area contributed by atoms with Gasteiger partial charge >= 0.3 is 12.1 Å². The first-order chi connectivity index (χ1) is 15.3. The fourth-order valence-electron chi connectivity index (χ4n) is 3.54. The molecule has 3 rings (SSSR count). The van der Waals surface area contributed by atoms with Crippen LogP contribution in [0.25, 0.3) is 0 Å². The molecule has 2 aromatic rings. The van der Waals surface area contributed by atoms with Gasteiger partial charge in [-0.25, -0.2) is 0 Å². The maximum Gasteiger partial charge on any atom is 0.471 e. The first kappa shape index (κ1) is 23.2. The zero-order chi connectivity index (χ0) is 23.1. The van der Waals surface area contributed by atoms with Crippen molar-refractivity contribution in [3.63, 3.8) is 0 Å². The van der Waals surface area contributed by atoms with Crippen LogP contribution in [0.15, 0.2) is 54.6 Å². The summed E-state index contributed by atoms with van der Waals surface area (Å²) in [7, 11) is 0. The molecule has 1 N–H and O–H groups in total. The molecule has 0 spiro atoms. The van der Waals surface area contributed by atoms with Crippen molar-refractivity contribution < 1.29 is 27.5 Å². The summed E-state index contributed by atoms with van der Waals surface area (Å²) in [5, 5.41) is 1.83. The van der Waals surface area contributed by atoms with E-state index in [0.29, 0.717) is 37.3 Å². The number of hydrogen-bond acceptors (Lipinski definition) is 3. The van der Waals surface area contributed by atoms with Gasteiger partial charge in [0.15, 0.2) is 0 Å². The molecule has 1 aliphatic heterocycles. The number of likely N-dealkylation sites (tertiary alicyclic amines) is 1. The first-order valence-electron chi connectivity index (χ1n) is 10.2. The molecule has 0 radical (unpaired) electrons. The summed E-state index contributed by atoms with van der Waals surface area (Å²) in [6.45, 7) is 0.712. The van der Waals surface area contributed by atoms with E-state index < -0.39 is 30.1 Å². The van der Waals surface area contributed by atoms with E-state index in [0.717, 1.165) is 5.56 Å². The van der Waals surface area contributed by atoms with Gasteiger partial charge in [-0.15, -0.1) is 6.42 Å². The molecule has 0 unspecified atom stereocenters. The van der Waals surface area contributed by atoms with Gasteiger partial charge in [0, 0.05) is 13.0 Å². The third-order valence-corrected chi connectivity index (χ3v) is 5.20. The van der Waals surface area contributed by atoms with Gasteiger partial charge in [-0.3, -0.25) is 9.59 Å². The number of benzene rings is 2. The summed E-state index contributed by atoms with van der Waals surface area (Å²) in [5.74, 6) is 0.286. The molecular weight excluding hydrogens is 421 g/mol. The Hall–Kier alpha value is -3.47. The molecule has 0 saturated carbocycles. The van der Waals surface area contributed by atoms with Gasteiger partial charge in [-0.1, -0.05) is 48.4 Å². The third kappa shape index (κ3) is 6.03. The largest absolute Gasteiger partial charge is 0.489 e. The van der Waals surface area contributed by atoms with Crippen LogP contribution in [0.4, 0.5) is 13.2 Å². The number of halogens is 3. The number of carbonyl (C=O) groups excluding carboxylic acids is 2. The highest BCUT2D eigenvalue weighted by atomic mass is 19.4. The molecule has 8 heteroatoms. The molecule has 168 valence electrons. The lowest BCUT2D eigenvalue weighted by Crippen LogP contribution is -2.53. The van der Waals surface area contributed by atoms with Gasteiger partial charge in [-0.2, -0.15) is 13.2 Å². The van der Waals surface area contributed by atoms with Crippen LogP contribution >= 0.6 is 0 Å². The molecular formula is C24H23F3N2O3. The Morgan fingerprint density at radius 2 is 1.81 bits per heavy atom. The van der Waals surface area contributed by atoms with Crippen LogP contribution in [-0.2, 0) is 22.6 Å². The molecule has 0 aromatic heterocycles. The second kappa shape index (κ2) is 10.2. The van der Waals surface area contributed by atoms with Crippen LogP contribution in [-0.4, -0.2) is 41.5 Å². The number of hydrogen-bond donors (Lipinski definition) is 1. The summed E-state index contributed by atoms with van der Waals surface area (Å²) >= 11 is 0. The van der Waals surface area contributed by atoms with Gasteiger partial charge in [0.2, 0.25) is 5.91 Å². The van der Waals surface area contributed by atoms with E-state index in [-0.39, 0.29) is 6.42 Å². The zero-order valence-electron chi connectivity index (χ0n) is 17.3. The number of carbonyl (C=O) groups is 2. The molecule has 2 atom stereocenters. The summed E-state index contributed by atoms with van der Waals surface area (Å²) in [6.07, 6.45) is 1.49. The maximum absolute atomic E-state index is 12.9. The van der Waals surface area contributed by atoms with Crippen LogP contribution in [0, 0.1) is 12.3 Å². The SMILES string of the molecule is C#C[C@@H]1CCCN1C(=O)[C@H](Cc1ccc(OCc2ccccc2)cc1)NC(=O)C(F)(F)F. The van der Waals surface area contributed by atoms with Gasteiger partial charge in [0.25, 0.3) is 0 Å². The van der Waals surface area contributed by atoms with Crippen molar-refractivity contribution in [3.8, 4) is 18.1 Å². The van der Waals surface area contributed by atoms with Gasteiger partial charge in [0.1, 0.15) is 18.4 Å². The minimum absolute atomic E-state index is 0.104. The number of terminal acetylenes is 1. The first-order valence-corrected chi connectivity index (χ1v) is 10.2. The highest BCUT2D eigenvalue weighted by Gasteiger charge is 2.42. The number of nitrogens with one attached hydrogen (secondary N) is 1. The second-order valence-electron chi connectivity index (χ2n) is 7.50. The Morgan fingerprint density at radius 1 is 1.12 bits per heavy atom. The highest BCUT2D eigenvalue weighted by Crippen LogP contribution is 2.21. The quantitative estimate of drug-likeness (QED) is 0.666. The fraction of sp³-hybridized carbons (Fsp3) is 0.333. The molecule has 1 aliphatic rings. The smallest absolute Gasteiger partial charge is 0.471 e. The minimum Gasteiger partial charge on any atom is -0.489 e. The zero-order valence-corrected chi connectivity index (χ0v) is 17.3. The minimum atomic E-state index is -5.09. The van der Waals surface area contributed by atoms with Crippen LogP contribution in [0.5, 0.6) is 5.75 Å². The molecule has 1 saturated heterocycles. The van der Waals surface area contributed by atoms with Crippen molar-refractivity contribution >= 4 is 11.8 Å². The lowest BCUT2D eigenvalue weighted by molar-refractivity contribution is -0.175.